The van der Waals surface area contributed by atoms with Crippen molar-refractivity contribution in [2.24, 2.45) is 0 Å². The quantitative estimate of drug-likeness (QED) is 0.241. The summed E-state index contributed by atoms with van der Waals surface area (Å²) >= 11 is 0. The number of hydrogen-bond donors (Lipinski definition) is 0. The van der Waals surface area contributed by atoms with Gasteiger partial charge in [0.25, 0.3) is 0 Å². The third kappa shape index (κ3) is 9.05. The van der Waals surface area contributed by atoms with Crippen molar-refractivity contribution >= 4 is 18.0 Å². The average Bonchev–Trinajstić information content (AvgIpc) is 2.66. The fourth-order valence-corrected chi connectivity index (χ4v) is 2.42. The van der Waals surface area contributed by atoms with Gasteiger partial charge in [0, 0.05) is 6.42 Å². The van der Waals surface area contributed by atoms with Crippen LogP contribution in [-0.2, 0) is 19.1 Å². The molecule has 5 heteroatoms. The highest BCUT2D eigenvalue weighted by molar-refractivity contribution is 5.98. The fourth-order valence-electron chi connectivity index (χ4n) is 2.42. The molecule has 27 heavy (non-hydrogen) atoms. The summed E-state index contributed by atoms with van der Waals surface area (Å²) in [6.45, 7) is 5.47. The normalized spacial score (nSPS) is 13.3. The number of unbranched alkanes of at least 4 members (excludes halogenated alkanes) is 4. The summed E-state index contributed by atoms with van der Waals surface area (Å²) in [6.07, 6.45) is 5.90. The first-order valence-corrected chi connectivity index (χ1v) is 9.55. The smallest absolute Gasteiger partial charge is 0.349 e. The Hall–Kier alpha value is -2.61. The first-order valence-electron chi connectivity index (χ1n) is 9.55. The van der Waals surface area contributed by atoms with Crippen molar-refractivity contribution < 1.29 is 19.1 Å². The van der Waals surface area contributed by atoms with Gasteiger partial charge in [0.15, 0.2) is 0 Å². The van der Waals surface area contributed by atoms with Crippen LogP contribution in [0, 0.1) is 11.3 Å². The van der Waals surface area contributed by atoms with E-state index in [1.807, 2.05) is 24.3 Å². The molecule has 5 nitrogen and oxygen atoms in total. The molecule has 0 saturated carbocycles. The highest BCUT2D eigenvalue weighted by atomic mass is 16.6. The van der Waals surface area contributed by atoms with Crippen molar-refractivity contribution in [3.8, 4) is 6.07 Å². The first-order chi connectivity index (χ1) is 13.0. The van der Waals surface area contributed by atoms with Crippen LogP contribution in [0.25, 0.3) is 6.08 Å². The van der Waals surface area contributed by atoms with Crippen molar-refractivity contribution in [1.29, 1.82) is 5.26 Å². The number of rotatable bonds is 11. The Balaban J connectivity index is 2.47. The van der Waals surface area contributed by atoms with Crippen LogP contribution < -0.4 is 0 Å². The molecule has 0 amide bonds. The molecule has 0 radical (unpaired) electrons. The number of ether oxygens (including phenoxy) is 2. The lowest BCUT2D eigenvalue weighted by atomic mass is 10.1. The van der Waals surface area contributed by atoms with Gasteiger partial charge in [0.1, 0.15) is 23.9 Å². The lowest BCUT2D eigenvalue weighted by molar-refractivity contribution is -0.162. The molecule has 0 fully saturated rings. The van der Waals surface area contributed by atoms with Gasteiger partial charge in [-0.1, -0.05) is 62.9 Å². The Kier molecular flexibility index (Phi) is 10.5. The van der Waals surface area contributed by atoms with Gasteiger partial charge in [-0.2, -0.15) is 5.26 Å². The van der Waals surface area contributed by atoms with Gasteiger partial charge in [-0.3, -0.25) is 4.79 Å². The zero-order chi connectivity index (χ0) is 20.1. The van der Waals surface area contributed by atoms with E-state index >= 15 is 0 Å². The molecule has 1 aromatic carbocycles. The van der Waals surface area contributed by atoms with E-state index in [1.165, 1.54) is 12.5 Å². The van der Waals surface area contributed by atoms with Gasteiger partial charge < -0.3 is 9.47 Å². The maximum atomic E-state index is 12.2. The Morgan fingerprint density at radius 1 is 1.04 bits per heavy atom. The van der Waals surface area contributed by atoms with Crippen molar-refractivity contribution in [2.45, 2.75) is 71.5 Å². The molecule has 0 aliphatic carbocycles. The SMILES string of the molecule is CCCCCCCC(=O)OC(C)C(C)OC(=O)/C(C#N)=C/c1ccccc1. The van der Waals surface area contributed by atoms with Crippen LogP contribution in [0.2, 0.25) is 0 Å². The third-order valence-electron chi connectivity index (χ3n) is 4.21. The molecule has 146 valence electrons. The van der Waals surface area contributed by atoms with Gasteiger partial charge >= 0.3 is 11.9 Å². The molecule has 0 N–H and O–H groups in total. The average molecular weight is 371 g/mol. The number of carbonyl (C=O) groups is 2. The maximum Gasteiger partial charge on any atom is 0.349 e. The number of hydrogen-bond acceptors (Lipinski definition) is 5. The van der Waals surface area contributed by atoms with Crippen LogP contribution in [0.3, 0.4) is 0 Å². The standard InChI is InChI=1S/C22H29NO4/c1-4-5-6-7-11-14-21(24)26-17(2)18(3)27-22(25)20(16-23)15-19-12-9-8-10-13-19/h8-10,12-13,15,17-18H,4-7,11,14H2,1-3H3/b20-15+. The van der Waals surface area contributed by atoms with Gasteiger partial charge in [0.2, 0.25) is 0 Å². The van der Waals surface area contributed by atoms with Gasteiger partial charge in [0.05, 0.1) is 0 Å². The van der Waals surface area contributed by atoms with E-state index in [1.54, 1.807) is 26.0 Å². The first kappa shape index (κ1) is 22.4. The fraction of sp³-hybridized carbons (Fsp3) is 0.500. The van der Waals surface area contributed by atoms with Crippen molar-refractivity contribution in [2.75, 3.05) is 0 Å². The Morgan fingerprint density at radius 3 is 2.30 bits per heavy atom. The van der Waals surface area contributed by atoms with Crippen LogP contribution in [0.15, 0.2) is 35.9 Å². The molecule has 2 atom stereocenters. The lowest BCUT2D eigenvalue weighted by Gasteiger charge is -2.20. The Morgan fingerprint density at radius 2 is 1.67 bits per heavy atom. The summed E-state index contributed by atoms with van der Waals surface area (Å²) in [5, 5.41) is 9.21. The van der Waals surface area contributed by atoms with E-state index in [0.717, 1.165) is 31.2 Å². The van der Waals surface area contributed by atoms with E-state index in [2.05, 4.69) is 6.92 Å². The molecule has 0 bridgehead atoms. The van der Waals surface area contributed by atoms with Gasteiger partial charge in [-0.15, -0.1) is 0 Å². The summed E-state index contributed by atoms with van der Waals surface area (Å²) in [6, 6.07) is 10.9. The van der Waals surface area contributed by atoms with E-state index in [9.17, 15) is 14.9 Å². The minimum atomic E-state index is -0.726. The molecule has 0 aliphatic rings. The van der Waals surface area contributed by atoms with Crippen molar-refractivity contribution in [3.05, 3.63) is 41.5 Å². The van der Waals surface area contributed by atoms with Crippen molar-refractivity contribution in [3.63, 3.8) is 0 Å². The molecule has 1 rings (SSSR count). The Bertz CT molecular complexity index is 661. The largest absolute Gasteiger partial charge is 0.459 e. The topological polar surface area (TPSA) is 76.4 Å². The zero-order valence-electron chi connectivity index (χ0n) is 16.4. The predicted molar refractivity (Wildman–Crippen MR) is 105 cm³/mol. The summed E-state index contributed by atoms with van der Waals surface area (Å²) in [7, 11) is 0. The van der Waals surface area contributed by atoms with Crippen LogP contribution in [-0.4, -0.2) is 24.1 Å². The molecular weight excluding hydrogens is 342 g/mol. The maximum absolute atomic E-state index is 12.2. The molecule has 0 spiro atoms. The number of carbonyl (C=O) groups excluding carboxylic acids is 2. The molecule has 0 saturated heterocycles. The van der Waals surface area contributed by atoms with Crippen molar-refractivity contribution in [1.82, 2.24) is 0 Å². The predicted octanol–water partition coefficient (Wildman–Crippen LogP) is 4.82. The van der Waals surface area contributed by atoms with Crippen LogP contribution in [0.5, 0.6) is 0 Å². The van der Waals surface area contributed by atoms with Crippen LogP contribution in [0.4, 0.5) is 0 Å². The minimum Gasteiger partial charge on any atom is -0.459 e. The van der Waals surface area contributed by atoms with E-state index in [0.29, 0.717) is 6.42 Å². The van der Waals surface area contributed by atoms with Crippen LogP contribution in [0.1, 0.15) is 64.9 Å². The third-order valence-corrected chi connectivity index (χ3v) is 4.21. The highest BCUT2D eigenvalue weighted by Gasteiger charge is 2.22. The molecule has 1 aromatic rings. The Labute approximate surface area is 162 Å². The number of nitrogens with zero attached hydrogens (tertiary/aromatic N) is 1. The second-order valence-electron chi connectivity index (χ2n) is 6.55. The monoisotopic (exact) mass is 371 g/mol. The van der Waals surface area contributed by atoms with Crippen LogP contribution >= 0.6 is 0 Å². The summed E-state index contributed by atoms with van der Waals surface area (Å²) in [4.78, 5) is 24.1. The number of esters is 2. The van der Waals surface area contributed by atoms with Gasteiger partial charge in [-0.25, -0.2) is 4.79 Å². The molecule has 0 aromatic heterocycles. The minimum absolute atomic E-state index is 0.0949. The number of nitriles is 1. The van der Waals surface area contributed by atoms with E-state index in [4.69, 9.17) is 9.47 Å². The molecule has 2 unspecified atom stereocenters. The molecule has 0 aliphatic heterocycles. The van der Waals surface area contributed by atoms with Gasteiger partial charge in [-0.05, 0) is 31.9 Å². The highest BCUT2D eigenvalue weighted by Crippen LogP contribution is 2.12. The van der Waals surface area contributed by atoms with E-state index < -0.39 is 18.2 Å². The second-order valence-corrected chi connectivity index (χ2v) is 6.55. The summed E-state index contributed by atoms with van der Waals surface area (Å²) < 4.78 is 10.6. The summed E-state index contributed by atoms with van der Waals surface area (Å²) in [5.41, 5.74) is 0.642. The number of benzene rings is 1. The lowest BCUT2D eigenvalue weighted by Crippen LogP contribution is -2.31. The zero-order valence-corrected chi connectivity index (χ0v) is 16.4. The summed E-state index contributed by atoms with van der Waals surface area (Å²) in [5.74, 6) is -1.02. The van der Waals surface area contributed by atoms with E-state index in [-0.39, 0.29) is 11.5 Å². The molecular formula is C22H29NO4. The molecule has 0 heterocycles. The second kappa shape index (κ2) is 12.7.